The van der Waals surface area contributed by atoms with Crippen molar-refractivity contribution in [3.63, 3.8) is 0 Å². The molecule has 2 aromatic rings. The third-order valence-corrected chi connectivity index (χ3v) is 4.17. The number of nitrogens with one attached hydrogen (secondary N) is 1. The van der Waals surface area contributed by atoms with Crippen LogP contribution in [0.4, 0.5) is 0 Å². The Morgan fingerprint density at radius 3 is 2.52 bits per heavy atom. The highest BCUT2D eigenvalue weighted by Crippen LogP contribution is 2.18. The van der Waals surface area contributed by atoms with E-state index in [-0.39, 0.29) is 16.9 Å². The zero-order valence-corrected chi connectivity index (χ0v) is 13.0. The van der Waals surface area contributed by atoms with Crippen molar-refractivity contribution in [3.05, 3.63) is 81.8 Å². The van der Waals surface area contributed by atoms with E-state index in [1.165, 1.54) is 11.8 Å². The molecule has 0 spiro atoms. The molecule has 1 N–H and O–H groups in total. The van der Waals surface area contributed by atoms with Gasteiger partial charge < -0.3 is 4.98 Å². The maximum Gasteiger partial charge on any atom is 0.259 e. The maximum absolute atomic E-state index is 12.2. The minimum atomic E-state index is -0.323. The van der Waals surface area contributed by atoms with Gasteiger partial charge in [-0.15, -0.1) is 0 Å². The molecule has 0 bridgehead atoms. The molecule has 4 nitrogen and oxygen atoms in total. The van der Waals surface area contributed by atoms with Gasteiger partial charge in [-0.25, -0.2) is 0 Å². The van der Waals surface area contributed by atoms with Crippen LogP contribution in [0.3, 0.4) is 0 Å². The minimum Gasteiger partial charge on any atom is -0.328 e. The van der Waals surface area contributed by atoms with Crippen molar-refractivity contribution >= 4 is 5.78 Å². The lowest BCUT2D eigenvalue weighted by Crippen LogP contribution is -2.30. The van der Waals surface area contributed by atoms with Crippen LogP contribution in [0.5, 0.6) is 0 Å². The van der Waals surface area contributed by atoms with Gasteiger partial charge in [-0.3, -0.25) is 14.5 Å². The Hall–Kier alpha value is -2.46. The van der Waals surface area contributed by atoms with Crippen LogP contribution in [0.1, 0.15) is 28.8 Å². The highest BCUT2D eigenvalue weighted by Gasteiger charge is 2.16. The summed E-state index contributed by atoms with van der Waals surface area (Å²) in [5.41, 5.74) is 2.33. The van der Waals surface area contributed by atoms with Crippen LogP contribution in [-0.4, -0.2) is 28.8 Å². The van der Waals surface area contributed by atoms with Crippen molar-refractivity contribution in [2.75, 3.05) is 13.1 Å². The average molecular weight is 308 g/mol. The second-order valence-electron chi connectivity index (χ2n) is 5.84. The number of carbonyl (C=O) groups excluding carboxylic acids is 1. The van der Waals surface area contributed by atoms with E-state index in [1.807, 2.05) is 6.07 Å². The van der Waals surface area contributed by atoms with E-state index >= 15 is 0 Å². The number of H-pyrrole nitrogens is 1. The predicted molar refractivity (Wildman–Crippen MR) is 90.4 cm³/mol. The van der Waals surface area contributed by atoms with Gasteiger partial charge in [0.15, 0.2) is 5.78 Å². The normalized spacial score (nSPS) is 15.4. The first kappa shape index (κ1) is 15.4. The van der Waals surface area contributed by atoms with Crippen LogP contribution in [-0.2, 0) is 6.54 Å². The Morgan fingerprint density at radius 1 is 1.09 bits per heavy atom. The van der Waals surface area contributed by atoms with Crippen LogP contribution in [0.2, 0.25) is 0 Å². The number of allylic oxidation sites excluding steroid dienone is 1. The van der Waals surface area contributed by atoms with Gasteiger partial charge in [-0.2, -0.15) is 0 Å². The lowest BCUT2D eigenvalue weighted by molar-refractivity contribution is 0.104. The fraction of sp³-hybridized carbons (Fsp3) is 0.263. The summed E-state index contributed by atoms with van der Waals surface area (Å²) in [4.78, 5) is 28.8. The number of pyridine rings is 1. The van der Waals surface area contributed by atoms with E-state index in [0.29, 0.717) is 0 Å². The number of piperidine rings is 1. The molecular formula is C19H20N2O2. The Balaban J connectivity index is 1.59. The number of nitrogens with zero attached hydrogens (tertiary/aromatic N) is 1. The fourth-order valence-electron chi connectivity index (χ4n) is 2.86. The van der Waals surface area contributed by atoms with Crippen LogP contribution in [0.15, 0.2) is 65.1 Å². The first-order chi connectivity index (χ1) is 11.2. The molecule has 4 heteroatoms. The third kappa shape index (κ3) is 4.05. The first-order valence-electron chi connectivity index (χ1n) is 7.90. The topological polar surface area (TPSA) is 53.2 Å². The second kappa shape index (κ2) is 7.20. The lowest BCUT2D eigenvalue weighted by Gasteiger charge is -2.28. The maximum atomic E-state index is 12.2. The molecule has 118 valence electrons. The van der Waals surface area contributed by atoms with Crippen LogP contribution in [0, 0.1) is 0 Å². The third-order valence-electron chi connectivity index (χ3n) is 4.17. The highest BCUT2D eigenvalue weighted by molar-refractivity contribution is 6.04. The monoisotopic (exact) mass is 308 g/mol. The summed E-state index contributed by atoms with van der Waals surface area (Å²) >= 11 is 0. The number of rotatable bonds is 4. The van der Waals surface area contributed by atoms with Crippen molar-refractivity contribution < 1.29 is 4.79 Å². The summed E-state index contributed by atoms with van der Waals surface area (Å²) < 4.78 is 0. The van der Waals surface area contributed by atoms with Crippen molar-refractivity contribution in [1.82, 2.24) is 9.88 Å². The molecule has 0 aliphatic carbocycles. The van der Waals surface area contributed by atoms with Gasteiger partial charge in [0, 0.05) is 25.8 Å². The van der Waals surface area contributed by atoms with Gasteiger partial charge in [0.2, 0.25) is 0 Å². The summed E-state index contributed by atoms with van der Waals surface area (Å²) in [5.74, 6) is -0.196. The largest absolute Gasteiger partial charge is 0.328 e. The van der Waals surface area contributed by atoms with Crippen molar-refractivity contribution in [3.8, 4) is 0 Å². The van der Waals surface area contributed by atoms with Crippen LogP contribution in [0.25, 0.3) is 0 Å². The number of aromatic amines is 1. The van der Waals surface area contributed by atoms with Crippen LogP contribution < -0.4 is 5.56 Å². The molecule has 0 unspecified atom stereocenters. The Kier molecular flexibility index (Phi) is 4.83. The molecule has 1 aliphatic heterocycles. The Morgan fingerprint density at radius 2 is 1.83 bits per heavy atom. The number of aromatic nitrogens is 1. The van der Waals surface area contributed by atoms with E-state index in [0.717, 1.165) is 38.0 Å². The number of likely N-dealkylation sites (tertiary alicyclic amines) is 1. The van der Waals surface area contributed by atoms with Gasteiger partial charge >= 0.3 is 0 Å². The smallest absolute Gasteiger partial charge is 0.259 e. The van der Waals surface area contributed by atoms with Gasteiger partial charge in [-0.05, 0) is 36.6 Å². The van der Waals surface area contributed by atoms with Crippen LogP contribution >= 0.6 is 0 Å². The molecule has 1 aromatic heterocycles. The quantitative estimate of drug-likeness (QED) is 0.698. The van der Waals surface area contributed by atoms with E-state index < -0.39 is 0 Å². The summed E-state index contributed by atoms with van der Waals surface area (Å²) in [7, 11) is 0. The van der Waals surface area contributed by atoms with E-state index in [1.54, 1.807) is 18.2 Å². The fourth-order valence-corrected chi connectivity index (χ4v) is 2.86. The number of ketones is 1. The zero-order valence-electron chi connectivity index (χ0n) is 13.0. The second-order valence-corrected chi connectivity index (χ2v) is 5.84. The molecule has 1 saturated heterocycles. The van der Waals surface area contributed by atoms with Gasteiger partial charge in [0.05, 0.1) is 5.56 Å². The van der Waals surface area contributed by atoms with E-state index in [4.69, 9.17) is 0 Å². The van der Waals surface area contributed by atoms with Crippen molar-refractivity contribution in [1.29, 1.82) is 0 Å². The standard InChI is InChI=1S/C19H20N2O2/c22-18(17-7-4-10-20-19(17)23)13-15-8-11-21(12-9-15)14-16-5-2-1-3-6-16/h1-7,10,13H,8-9,11-12,14H2,(H,20,23). The van der Waals surface area contributed by atoms with E-state index in [9.17, 15) is 9.59 Å². The summed E-state index contributed by atoms with van der Waals surface area (Å²) in [6.45, 7) is 2.83. The van der Waals surface area contributed by atoms with Gasteiger partial charge in [0.25, 0.3) is 5.56 Å². The molecule has 23 heavy (non-hydrogen) atoms. The lowest BCUT2D eigenvalue weighted by atomic mass is 10.00. The molecule has 0 radical (unpaired) electrons. The zero-order chi connectivity index (χ0) is 16.1. The number of hydrogen-bond donors (Lipinski definition) is 1. The highest BCUT2D eigenvalue weighted by atomic mass is 16.1. The van der Waals surface area contributed by atoms with Crippen molar-refractivity contribution in [2.45, 2.75) is 19.4 Å². The minimum absolute atomic E-state index is 0.196. The summed E-state index contributed by atoms with van der Waals surface area (Å²) in [5, 5.41) is 0. The molecule has 2 heterocycles. The SMILES string of the molecule is O=C(C=C1CCN(Cc2ccccc2)CC1)c1ccc[nH]c1=O. The molecule has 0 atom stereocenters. The molecular weight excluding hydrogens is 288 g/mol. The number of benzene rings is 1. The molecule has 1 fully saturated rings. The van der Waals surface area contributed by atoms with Crippen molar-refractivity contribution in [2.24, 2.45) is 0 Å². The summed E-state index contributed by atoms with van der Waals surface area (Å²) in [6.07, 6.45) is 4.94. The molecule has 0 amide bonds. The molecule has 3 rings (SSSR count). The Bertz CT molecular complexity index is 752. The predicted octanol–water partition coefficient (Wildman–Crippen LogP) is 2.78. The summed E-state index contributed by atoms with van der Waals surface area (Å²) in [6, 6.07) is 13.7. The number of carbonyl (C=O) groups is 1. The average Bonchev–Trinajstić information content (AvgIpc) is 2.58. The molecule has 0 saturated carbocycles. The van der Waals surface area contributed by atoms with Gasteiger partial charge in [0.1, 0.15) is 0 Å². The van der Waals surface area contributed by atoms with Gasteiger partial charge in [-0.1, -0.05) is 35.9 Å². The molecule has 1 aliphatic rings. The molecule has 1 aromatic carbocycles. The van der Waals surface area contributed by atoms with E-state index in [2.05, 4.69) is 34.1 Å². The number of hydrogen-bond acceptors (Lipinski definition) is 3. The Labute approximate surface area is 135 Å². The first-order valence-corrected chi connectivity index (χ1v) is 7.90.